The first-order chi connectivity index (χ1) is 12.7. The van der Waals surface area contributed by atoms with Gasteiger partial charge in [-0.2, -0.15) is 13.9 Å². The Kier molecular flexibility index (Phi) is 4.21. The van der Waals surface area contributed by atoms with Gasteiger partial charge in [-0.05, 0) is 30.7 Å². The molecule has 4 aromatic rings. The predicted octanol–water partition coefficient (Wildman–Crippen LogP) is 2.96. The fraction of sp³-hybridized carbons (Fsp3) is 0.235. The summed E-state index contributed by atoms with van der Waals surface area (Å²) in [6, 6.07) is 6.45. The fourth-order valence-corrected chi connectivity index (χ4v) is 2.86. The quantitative estimate of drug-likeness (QED) is 0.552. The Morgan fingerprint density at radius 3 is 2.96 bits per heavy atom. The van der Waals surface area contributed by atoms with Gasteiger partial charge in [-0.3, -0.25) is 4.68 Å². The van der Waals surface area contributed by atoms with Crippen LogP contribution in [-0.2, 0) is 6.54 Å². The Morgan fingerprint density at radius 2 is 2.15 bits per heavy atom. The normalized spacial score (nSPS) is 11.7. The van der Waals surface area contributed by atoms with E-state index in [0.717, 1.165) is 5.52 Å². The van der Waals surface area contributed by atoms with Crippen LogP contribution in [0.3, 0.4) is 0 Å². The van der Waals surface area contributed by atoms with E-state index in [-0.39, 0.29) is 12.4 Å². The summed E-state index contributed by atoms with van der Waals surface area (Å²) in [5.41, 5.74) is 3.12. The molecule has 0 bridgehead atoms. The van der Waals surface area contributed by atoms with E-state index in [4.69, 9.17) is 5.11 Å². The number of alkyl halides is 2. The van der Waals surface area contributed by atoms with Gasteiger partial charge in [0, 0.05) is 24.7 Å². The summed E-state index contributed by atoms with van der Waals surface area (Å²) in [6.07, 6.45) is 3.84. The number of aryl methyl sites for hydroxylation is 1. The lowest BCUT2D eigenvalue weighted by atomic mass is 10.1. The minimum atomic E-state index is -2.91. The average molecular weight is 359 g/mol. The van der Waals surface area contributed by atoms with E-state index in [2.05, 4.69) is 24.8 Å². The SMILES string of the molecule is OCCCn1nc(-c2cnc3[nH]ccc3n2)c2cc(OC(F)F)ccc21. The lowest BCUT2D eigenvalue weighted by Gasteiger charge is -2.05. The largest absolute Gasteiger partial charge is 0.435 e. The van der Waals surface area contributed by atoms with Crippen LogP contribution in [0.4, 0.5) is 8.78 Å². The molecule has 0 unspecified atom stereocenters. The number of H-pyrrole nitrogens is 1. The zero-order valence-electron chi connectivity index (χ0n) is 13.6. The van der Waals surface area contributed by atoms with Crippen molar-refractivity contribution in [3.63, 3.8) is 0 Å². The second kappa shape index (κ2) is 6.68. The van der Waals surface area contributed by atoms with Crippen molar-refractivity contribution in [1.29, 1.82) is 0 Å². The van der Waals surface area contributed by atoms with Crippen LogP contribution in [0.2, 0.25) is 0 Å². The van der Waals surface area contributed by atoms with Crippen molar-refractivity contribution in [1.82, 2.24) is 24.7 Å². The van der Waals surface area contributed by atoms with Crippen LogP contribution in [-0.4, -0.2) is 43.1 Å². The van der Waals surface area contributed by atoms with Gasteiger partial charge in [-0.1, -0.05) is 0 Å². The number of hydrogen-bond acceptors (Lipinski definition) is 5. The maximum Gasteiger partial charge on any atom is 0.387 e. The van der Waals surface area contributed by atoms with Crippen LogP contribution in [0.25, 0.3) is 33.5 Å². The zero-order chi connectivity index (χ0) is 18.1. The molecule has 0 radical (unpaired) electrons. The highest BCUT2D eigenvalue weighted by atomic mass is 19.3. The minimum Gasteiger partial charge on any atom is -0.435 e. The number of halogens is 2. The van der Waals surface area contributed by atoms with Crippen molar-refractivity contribution >= 4 is 22.1 Å². The molecule has 7 nitrogen and oxygen atoms in total. The first-order valence-corrected chi connectivity index (χ1v) is 8.02. The molecule has 0 saturated heterocycles. The molecule has 0 saturated carbocycles. The zero-order valence-corrected chi connectivity index (χ0v) is 13.6. The first kappa shape index (κ1) is 16.4. The number of rotatable bonds is 6. The summed E-state index contributed by atoms with van der Waals surface area (Å²) in [5, 5.41) is 14.3. The number of fused-ring (bicyclic) bond motifs is 2. The topological polar surface area (TPSA) is 88.8 Å². The number of nitrogens with one attached hydrogen (secondary N) is 1. The number of aliphatic hydroxyl groups is 1. The number of benzene rings is 1. The van der Waals surface area contributed by atoms with E-state index in [9.17, 15) is 8.78 Å². The van der Waals surface area contributed by atoms with Gasteiger partial charge in [0.15, 0.2) is 5.65 Å². The third-order valence-electron chi connectivity index (χ3n) is 3.98. The van der Waals surface area contributed by atoms with Gasteiger partial charge < -0.3 is 14.8 Å². The van der Waals surface area contributed by atoms with Crippen molar-refractivity contribution in [2.75, 3.05) is 6.61 Å². The van der Waals surface area contributed by atoms with Gasteiger partial charge >= 0.3 is 6.61 Å². The third kappa shape index (κ3) is 2.97. The number of nitrogens with zero attached hydrogens (tertiary/aromatic N) is 4. The molecule has 134 valence electrons. The monoisotopic (exact) mass is 359 g/mol. The smallest absolute Gasteiger partial charge is 0.387 e. The van der Waals surface area contributed by atoms with Crippen molar-refractivity contribution < 1.29 is 18.6 Å². The molecule has 0 spiro atoms. The van der Waals surface area contributed by atoms with Crippen LogP contribution >= 0.6 is 0 Å². The number of hydrogen-bond donors (Lipinski definition) is 2. The van der Waals surface area contributed by atoms with Crippen molar-refractivity contribution in [2.45, 2.75) is 19.6 Å². The molecule has 9 heteroatoms. The maximum atomic E-state index is 12.6. The summed E-state index contributed by atoms with van der Waals surface area (Å²) in [6.45, 7) is -2.39. The minimum absolute atomic E-state index is 0.0262. The Balaban J connectivity index is 1.87. The van der Waals surface area contributed by atoms with E-state index in [1.165, 1.54) is 12.1 Å². The van der Waals surface area contributed by atoms with Gasteiger partial charge in [-0.25, -0.2) is 9.97 Å². The van der Waals surface area contributed by atoms with E-state index < -0.39 is 6.61 Å². The molecule has 4 rings (SSSR count). The Hall–Kier alpha value is -3.07. The first-order valence-electron chi connectivity index (χ1n) is 8.02. The highest BCUT2D eigenvalue weighted by molar-refractivity contribution is 5.94. The molecule has 0 atom stereocenters. The average Bonchev–Trinajstić information content (AvgIpc) is 3.23. The molecular weight excluding hydrogens is 344 g/mol. The number of aromatic nitrogens is 5. The van der Waals surface area contributed by atoms with E-state index >= 15 is 0 Å². The number of ether oxygens (including phenoxy) is 1. The highest BCUT2D eigenvalue weighted by Gasteiger charge is 2.16. The van der Waals surface area contributed by atoms with Crippen molar-refractivity contribution in [3.05, 3.63) is 36.7 Å². The molecule has 0 aliphatic carbocycles. The summed E-state index contributed by atoms with van der Waals surface area (Å²) in [7, 11) is 0. The molecule has 26 heavy (non-hydrogen) atoms. The maximum absolute atomic E-state index is 12.6. The lowest BCUT2D eigenvalue weighted by Crippen LogP contribution is -2.03. The van der Waals surface area contributed by atoms with E-state index in [1.54, 1.807) is 29.2 Å². The summed E-state index contributed by atoms with van der Waals surface area (Å²) >= 11 is 0. The Bertz CT molecular complexity index is 1060. The van der Waals surface area contributed by atoms with Crippen molar-refractivity contribution in [2.24, 2.45) is 0 Å². The lowest BCUT2D eigenvalue weighted by molar-refractivity contribution is -0.0497. The van der Waals surface area contributed by atoms with Crippen LogP contribution in [0.5, 0.6) is 5.75 Å². The molecule has 0 aliphatic heterocycles. The molecule has 3 heterocycles. The summed E-state index contributed by atoms with van der Waals surface area (Å²) < 4.78 is 31.3. The van der Waals surface area contributed by atoms with Crippen LogP contribution in [0.1, 0.15) is 6.42 Å². The highest BCUT2D eigenvalue weighted by Crippen LogP contribution is 2.31. The van der Waals surface area contributed by atoms with Crippen LogP contribution in [0.15, 0.2) is 36.7 Å². The van der Waals surface area contributed by atoms with Gasteiger partial charge in [0.1, 0.15) is 22.7 Å². The Morgan fingerprint density at radius 1 is 1.27 bits per heavy atom. The standard InChI is InChI=1S/C17H15F2N5O2/c18-17(19)26-10-2-3-14-11(8-10)15(23-24(14)6-1-7-25)13-9-21-16-12(22-13)4-5-20-16/h2-5,8-9,17,25H,1,6-7H2,(H,20,21). The van der Waals surface area contributed by atoms with Crippen molar-refractivity contribution in [3.8, 4) is 17.1 Å². The van der Waals surface area contributed by atoms with Gasteiger partial charge in [-0.15, -0.1) is 0 Å². The molecule has 1 aromatic carbocycles. The second-order valence-corrected chi connectivity index (χ2v) is 5.67. The molecular formula is C17H15F2N5O2. The number of aliphatic hydroxyl groups excluding tert-OH is 1. The fourth-order valence-electron chi connectivity index (χ4n) is 2.86. The molecule has 2 N–H and O–H groups in total. The van der Waals surface area contributed by atoms with Gasteiger partial charge in [0.2, 0.25) is 0 Å². The second-order valence-electron chi connectivity index (χ2n) is 5.67. The van der Waals surface area contributed by atoms with E-state index in [0.29, 0.717) is 40.9 Å². The third-order valence-corrected chi connectivity index (χ3v) is 3.98. The van der Waals surface area contributed by atoms with Gasteiger partial charge in [0.25, 0.3) is 0 Å². The van der Waals surface area contributed by atoms with E-state index in [1.807, 2.05) is 0 Å². The number of aromatic amines is 1. The summed E-state index contributed by atoms with van der Waals surface area (Å²) in [4.78, 5) is 11.8. The molecule has 3 aromatic heterocycles. The van der Waals surface area contributed by atoms with Crippen LogP contribution in [0, 0.1) is 0 Å². The summed E-state index contributed by atoms with van der Waals surface area (Å²) in [5.74, 6) is 0.0474. The Labute approximate surface area is 146 Å². The predicted molar refractivity (Wildman–Crippen MR) is 91.0 cm³/mol. The molecule has 0 fully saturated rings. The van der Waals surface area contributed by atoms with Crippen LogP contribution < -0.4 is 4.74 Å². The molecule has 0 aliphatic rings. The van der Waals surface area contributed by atoms with Gasteiger partial charge in [0.05, 0.1) is 11.7 Å². The molecule has 0 amide bonds.